The lowest BCUT2D eigenvalue weighted by molar-refractivity contribution is 0.308. The van der Waals surface area contributed by atoms with Crippen molar-refractivity contribution in [3.05, 3.63) is 34.3 Å². The van der Waals surface area contributed by atoms with Crippen molar-refractivity contribution in [3.63, 3.8) is 0 Å². The number of aryl methyl sites for hydroxylation is 1. The Morgan fingerprint density at radius 1 is 1.50 bits per heavy atom. The van der Waals surface area contributed by atoms with E-state index in [0.717, 1.165) is 24.7 Å². The van der Waals surface area contributed by atoms with Gasteiger partial charge in [-0.25, -0.2) is 0 Å². The van der Waals surface area contributed by atoms with Gasteiger partial charge in [-0.3, -0.25) is 4.90 Å². The molecule has 0 saturated carbocycles. The van der Waals surface area contributed by atoms with Gasteiger partial charge >= 0.3 is 0 Å². The van der Waals surface area contributed by atoms with Crippen LogP contribution in [0.2, 0.25) is 5.02 Å². The van der Waals surface area contributed by atoms with E-state index in [-0.39, 0.29) is 12.4 Å². The lowest BCUT2D eigenvalue weighted by Gasteiger charge is -2.19. The number of hydrogen-bond acceptors (Lipinski definition) is 2. The molecular formula is C14H22Cl2N2. The predicted molar refractivity (Wildman–Crippen MR) is 80.5 cm³/mol. The maximum Gasteiger partial charge on any atom is 0.0408 e. The first-order valence-electron chi connectivity index (χ1n) is 6.29. The molecule has 0 aliphatic carbocycles. The van der Waals surface area contributed by atoms with Crippen LogP contribution in [-0.4, -0.2) is 24.0 Å². The third kappa shape index (κ3) is 3.86. The van der Waals surface area contributed by atoms with E-state index in [4.69, 9.17) is 17.3 Å². The third-order valence-corrected chi connectivity index (χ3v) is 3.99. The Hall–Kier alpha value is -0.280. The molecule has 2 nitrogen and oxygen atoms in total. The minimum Gasteiger partial charge on any atom is -0.328 e. The van der Waals surface area contributed by atoms with E-state index >= 15 is 0 Å². The summed E-state index contributed by atoms with van der Waals surface area (Å²) >= 11 is 5.97. The molecule has 0 radical (unpaired) electrons. The minimum absolute atomic E-state index is 0. The van der Waals surface area contributed by atoms with Crippen LogP contribution in [0.4, 0.5) is 0 Å². The second-order valence-electron chi connectivity index (χ2n) is 5.21. The van der Waals surface area contributed by atoms with Gasteiger partial charge in [-0.05, 0) is 56.0 Å². The highest BCUT2D eigenvalue weighted by molar-refractivity contribution is 6.30. The van der Waals surface area contributed by atoms with E-state index in [0.29, 0.717) is 12.0 Å². The van der Waals surface area contributed by atoms with E-state index in [1.807, 2.05) is 12.1 Å². The molecule has 1 aromatic carbocycles. The highest BCUT2D eigenvalue weighted by Crippen LogP contribution is 2.23. The van der Waals surface area contributed by atoms with Gasteiger partial charge in [0.2, 0.25) is 0 Å². The smallest absolute Gasteiger partial charge is 0.0408 e. The normalized spacial score (nSPS) is 21.7. The second-order valence-corrected chi connectivity index (χ2v) is 5.65. The molecule has 1 aliphatic rings. The number of likely N-dealkylation sites (tertiary alicyclic amines) is 1. The molecule has 1 saturated heterocycles. The van der Waals surface area contributed by atoms with Crippen LogP contribution in [0.3, 0.4) is 0 Å². The maximum absolute atomic E-state index is 5.97. The molecule has 0 aromatic heterocycles. The Morgan fingerprint density at radius 2 is 2.22 bits per heavy atom. The van der Waals surface area contributed by atoms with Gasteiger partial charge in [0.15, 0.2) is 0 Å². The van der Waals surface area contributed by atoms with Gasteiger partial charge in [0, 0.05) is 24.2 Å². The third-order valence-electron chi connectivity index (χ3n) is 3.75. The van der Waals surface area contributed by atoms with Crippen LogP contribution in [-0.2, 0) is 6.54 Å². The summed E-state index contributed by atoms with van der Waals surface area (Å²) in [6, 6.07) is 6.46. The Morgan fingerprint density at radius 3 is 2.78 bits per heavy atom. The fourth-order valence-corrected chi connectivity index (χ4v) is 2.74. The Bertz CT molecular complexity index is 393. The molecular weight excluding hydrogens is 267 g/mol. The molecule has 102 valence electrons. The summed E-state index contributed by atoms with van der Waals surface area (Å²) in [5.41, 5.74) is 8.61. The van der Waals surface area contributed by atoms with Gasteiger partial charge in [0.05, 0.1) is 0 Å². The summed E-state index contributed by atoms with van der Waals surface area (Å²) in [7, 11) is 0. The molecule has 0 bridgehead atoms. The van der Waals surface area contributed by atoms with Crippen LogP contribution >= 0.6 is 24.0 Å². The highest BCUT2D eigenvalue weighted by Gasteiger charge is 2.25. The summed E-state index contributed by atoms with van der Waals surface area (Å²) in [4.78, 5) is 2.49. The summed E-state index contributed by atoms with van der Waals surface area (Å²) in [6.45, 7) is 7.54. The number of halogens is 2. The lowest BCUT2D eigenvalue weighted by atomic mass is 10.0. The van der Waals surface area contributed by atoms with E-state index < -0.39 is 0 Å². The molecule has 2 N–H and O–H groups in total. The van der Waals surface area contributed by atoms with Crippen molar-refractivity contribution in [2.45, 2.75) is 32.9 Å². The fourth-order valence-electron chi connectivity index (χ4n) is 2.51. The van der Waals surface area contributed by atoms with Crippen LogP contribution in [0.15, 0.2) is 18.2 Å². The average Bonchev–Trinajstić information content (AvgIpc) is 2.71. The maximum atomic E-state index is 5.97. The molecule has 1 aromatic rings. The topological polar surface area (TPSA) is 29.3 Å². The first kappa shape index (κ1) is 15.8. The quantitative estimate of drug-likeness (QED) is 0.925. The number of benzene rings is 1. The molecule has 1 aliphatic heterocycles. The zero-order valence-electron chi connectivity index (χ0n) is 11.0. The zero-order chi connectivity index (χ0) is 12.4. The standard InChI is InChI=1S/C14H21ClN2.ClH/c1-10-7-14(15)4-3-12(10)8-17-6-5-13(9-17)11(2)16;/h3-4,7,11,13H,5-6,8-9,16H2,1-2H3;1H. The van der Waals surface area contributed by atoms with Crippen LogP contribution in [0, 0.1) is 12.8 Å². The number of hydrogen-bond donors (Lipinski definition) is 1. The molecule has 1 fully saturated rings. The van der Waals surface area contributed by atoms with E-state index in [1.165, 1.54) is 17.5 Å². The average molecular weight is 289 g/mol. The monoisotopic (exact) mass is 288 g/mol. The van der Waals surface area contributed by atoms with Crippen molar-refractivity contribution >= 4 is 24.0 Å². The molecule has 0 spiro atoms. The molecule has 1 heterocycles. The lowest BCUT2D eigenvalue weighted by Crippen LogP contribution is -2.29. The van der Waals surface area contributed by atoms with Crippen molar-refractivity contribution < 1.29 is 0 Å². The first-order valence-corrected chi connectivity index (χ1v) is 6.67. The van der Waals surface area contributed by atoms with E-state index in [2.05, 4.69) is 24.8 Å². The fraction of sp³-hybridized carbons (Fsp3) is 0.571. The first-order chi connectivity index (χ1) is 8.06. The van der Waals surface area contributed by atoms with E-state index in [1.54, 1.807) is 0 Å². The Balaban J connectivity index is 0.00000162. The van der Waals surface area contributed by atoms with Crippen LogP contribution in [0.25, 0.3) is 0 Å². The van der Waals surface area contributed by atoms with Gasteiger partial charge in [0.25, 0.3) is 0 Å². The van der Waals surface area contributed by atoms with Gasteiger partial charge < -0.3 is 5.73 Å². The Kier molecular flexibility index (Phi) is 5.93. The highest BCUT2D eigenvalue weighted by atomic mass is 35.5. The molecule has 18 heavy (non-hydrogen) atoms. The summed E-state index contributed by atoms with van der Waals surface area (Å²) in [6.07, 6.45) is 1.23. The van der Waals surface area contributed by atoms with Gasteiger partial charge in [-0.2, -0.15) is 0 Å². The molecule has 2 rings (SSSR count). The van der Waals surface area contributed by atoms with Gasteiger partial charge in [0.1, 0.15) is 0 Å². The van der Waals surface area contributed by atoms with Crippen LogP contribution in [0.1, 0.15) is 24.5 Å². The zero-order valence-corrected chi connectivity index (χ0v) is 12.6. The summed E-state index contributed by atoms with van der Waals surface area (Å²) < 4.78 is 0. The molecule has 0 amide bonds. The number of nitrogens with two attached hydrogens (primary N) is 1. The van der Waals surface area contributed by atoms with Crippen molar-refractivity contribution in [2.75, 3.05) is 13.1 Å². The number of rotatable bonds is 3. The van der Waals surface area contributed by atoms with Crippen molar-refractivity contribution in [3.8, 4) is 0 Å². The molecule has 2 atom stereocenters. The van der Waals surface area contributed by atoms with E-state index in [9.17, 15) is 0 Å². The minimum atomic E-state index is 0. The molecule has 4 heteroatoms. The Labute approximate surface area is 121 Å². The predicted octanol–water partition coefficient (Wildman–Crippen LogP) is 3.24. The van der Waals surface area contributed by atoms with Crippen LogP contribution in [0.5, 0.6) is 0 Å². The van der Waals surface area contributed by atoms with Crippen molar-refractivity contribution in [2.24, 2.45) is 11.7 Å². The van der Waals surface area contributed by atoms with Gasteiger partial charge in [-0.1, -0.05) is 17.7 Å². The summed E-state index contributed by atoms with van der Waals surface area (Å²) in [5, 5.41) is 0.820. The SMILES string of the molecule is Cc1cc(Cl)ccc1CN1CCC(C(C)N)C1.Cl. The number of nitrogens with zero attached hydrogens (tertiary/aromatic N) is 1. The largest absolute Gasteiger partial charge is 0.328 e. The molecule has 2 unspecified atom stereocenters. The van der Waals surface area contributed by atoms with Crippen molar-refractivity contribution in [1.82, 2.24) is 4.90 Å². The van der Waals surface area contributed by atoms with Crippen LogP contribution < -0.4 is 5.73 Å². The van der Waals surface area contributed by atoms with Crippen molar-refractivity contribution in [1.29, 1.82) is 0 Å². The summed E-state index contributed by atoms with van der Waals surface area (Å²) in [5.74, 6) is 0.655. The van der Waals surface area contributed by atoms with Gasteiger partial charge in [-0.15, -0.1) is 12.4 Å². The second kappa shape index (κ2) is 6.76.